The molecule has 4 amide bonds. The largest absolute Gasteiger partial charge is 0.457 e. The Kier molecular flexibility index (Phi) is 7.09. The Labute approximate surface area is 214 Å². The Hall–Kier alpha value is -4.15. The maximum Gasteiger partial charge on any atom is 0.329 e. The molecule has 0 radical (unpaired) electrons. The van der Waals surface area contributed by atoms with Crippen molar-refractivity contribution in [1.82, 2.24) is 10.2 Å². The number of carbonyl (C=O) groups excluding carboxylic acids is 3. The molecular weight excluding hydrogens is 511 g/mol. The number of aryl methyl sites for hydroxylation is 1. The molecule has 184 valence electrons. The van der Waals surface area contributed by atoms with Crippen molar-refractivity contribution in [2.75, 3.05) is 11.9 Å². The maximum atomic E-state index is 12.8. The molecule has 3 aromatic rings. The van der Waals surface area contributed by atoms with E-state index in [9.17, 15) is 24.5 Å². The first-order valence-electron chi connectivity index (χ1n) is 10.6. The van der Waals surface area contributed by atoms with E-state index in [0.29, 0.717) is 12.1 Å². The Balaban J connectivity index is 1.50. The van der Waals surface area contributed by atoms with Crippen molar-refractivity contribution in [2.24, 2.45) is 0 Å². The quantitative estimate of drug-likeness (QED) is 0.186. The van der Waals surface area contributed by atoms with E-state index >= 15 is 0 Å². The number of anilines is 1. The van der Waals surface area contributed by atoms with E-state index in [4.69, 9.17) is 27.6 Å². The van der Waals surface area contributed by atoms with Crippen LogP contribution in [0, 0.1) is 10.1 Å². The minimum atomic E-state index is -0.756. The molecule has 2 aromatic carbocycles. The summed E-state index contributed by atoms with van der Waals surface area (Å²) in [6.45, 7) is 1.47. The van der Waals surface area contributed by atoms with Crippen molar-refractivity contribution >= 4 is 58.5 Å². The van der Waals surface area contributed by atoms with Crippen LogP contribution in [0.15, 0.2) is 58.6 Å². The number of urea groups is 1. The fraction of sp³-hybridized carbons (Fsp3) is 0.125. The van der Waals surface area contributed by atoms with Crippen LogP contribution in [-0.4, -0.2) is 34.2 Å². The second-order valence-electron chi connectivity index (χ2n) is 7.68. The first kappa shape index (κ1) is 25.0. The van der Waals surface area contributed by atoms with Gasteiger partial charge in [-0.15, -0.1) is 0 Å². The molecule has 1 fully saturated rings. The van der Waals surface area contributed by atoms with Crippen molar-refractivity contribution in [3.05, 3.63) is 85.7 Å². The third-order valence-corrected chi connectivity index (χ3v) is 5.96. The van der Waals surface area contributed by atoms with Gasteiger partial charge in [-0.1, -0.05) is 48.3 Å². The van der Waals surface area contributed by atoms with E-state index < -0.39 is 29.3 Å². The van der Waals surface area contributed by atoms with Crippen molar-refractivity contribution in [3.63, 3.8) is 0 Å². The lowest BCUT2D eigenvalue weighted by Gasteiger charge is -2.13. The minimum absolute atomic E-state index is 0.101. The number of amides is 4. The molecule has 0 aliphatic carbocycles. The van der Waals surface area contributed by atoms with Gasteiger partial charge in [0, 0.05) is 23.4 Å². The summed E-state index contributed by atoms with van der Waals surface area (Å²) in [6, 6.07) is 11.9. The number of nitro groups is 1. The van der Waals surface area contributed by atoms with E-state index in [2.05, 4.69) is 10.6 Å². The average molecular weight is 529 g/mol. The lowest BCUT2D eigenvalue weighted by Crippen LogP contribution is -2.38. The van der Waals surface area contributed by atoms with Gasteiger partial charge in [-0.2, -0.15) is 0 Å². The van der Waals surface area contributed by atoms with Crippen LogP contribution in [0.2, 0.25) is 10.0 Å². The number of benzene rings is 2. The van der Waals surface area contributed by atoms with Crippen LogP contribution in [0.25, 0.3) is 17.4 Å². The molecule has 0 unspecified atom stereocenters. The topological polar surface area (TPSA) is 135 Å². The zero-order valence-corrected chi connectivity index (χ0v) is 20.2. The lowest BCUT2D eigenvalue weighted by atomic mass is 10.1. The molecule has 12 heteroatoms. The predicted octanol–water partition coefficient (Wildman–Crippen LogP) is 5.26. The fourth-order valence-electron chi connectivity index (χ4n) is 3.58. The lowest BCUT2D eigenvalue weighted by molar-refractivity contribution is -0.384. The molecule has 2 heterocycles. The van der Waals surface area contributed by atoms with E-state index in [0.717, 1.165) is 10.5 Å². The zero-order chi connectivity index (χ0) is 26.0. The number of nitro benzene ring substituents is 1. The molecule has 2 N–H and O–H groups in total. The summed E-state index contributed by atoms with van der Waals surface area (Å²) >= 11 is 12.0. The van der Waals surface area contributed by atoms with Crippen molar-refractivity contribution in [2.45, 2.75) is 13.3 Å². The first-order chi connectivity index (χ1) is 17.2. The average Bonchev–Trinajstić information content (AvgIpc) is 3.39. The third-order valence-electron chi connectivity index (χ3n) is 5.35. The van der Waals surface area contributed by atoms with Gasteiger partial charge in [0.1, 0.15) is 28.8 Å². The number of hydrogen-bond acceptors (Lipinski definition) is 6. The van der Waals surface area contributed by atoms with E-state index in [1.165, 1.54) is 30.3 Å². The second kappa shape index (κ2) is 10.2. The van der Waals surface area contributed by atoms with Crippen molar-refractivity contribution in [1.29, 1.82) is 0 Å². The van der Waals surface area contributed by atoms with Crippen LogP contribution in [0.5, 0.6) is 0 Å². The number of halogens is 2. The highest BCUT2D eigenvalue weighted by Gasteiger charge is 2.35. The molecule has 36 heavy (non-hydrogen) atoms. The smallest absolute Gasteiger partial charge is 0.329 e. The summed E-state index contributed by atoms with van der Waals surface area (Å²) in [6.07, 6.45) is 1.98. The summed E-state index contributed by atoms with van der Waals surface area (Å²) in [4.78, 5) is 48.9. The SMILES string of the molecule is CCc1ccccc1NC(=O)CN1C(=O)N/C(=C/c2ccc(-c3cc([N+](=O)[O-])c(Cl)cc3Cl)o2)C1=O. The summed E-state index contributed by atoms with van der Waals surface area (Å²) in [5, 5.41) is 16.3. The van der Waals surface area contributed by atoms with Crippen molar-refractivity contribution in [3.8, 4) is 11.3 Å². The first-order valence-corrected chi connectivity index (χ1v) is 11.4. The van der Waals surface area contributed by atoms with Crippen LogP contribution >= 0.6 is 23.2 Å². The van der Waals surface area contributed by atoms with Crippen LogP contribution < -0.4 is 10.6 Å². The molecule has 0 spiro atoms. The monoisotopic (exact) mass is 528 g/mol. The highest BCUT2D eigenvalue weighted by atomic mass is 35.5. The highest BCUT2D eigenvalue weighted by molar-refractivity contribution is 6.37. The molecule has 0 saturated carbocycles. The van der Waals surface area contributed by atoms with Gasteiger partial charge in [0.05, 0.1) is 9.95 Å². The number of nitrogens with zero attached hydrogens (tertiary/aromatic N) is 2. The molecule has 10 nitrogen and oxygen atoms in total. The molecule has 1 aliphatic rings. The van der Waals surface area contributed by atoms with E-state index in [1.807, 2.05) is 19.1 Å². The van der Waals surface area contributed by atoms with Gasteiger partial charge in [-0.3, -0.25) is 19.7 Å². The number of hydrogen-bond donors (Lipinski definition) is 2. The van der Waals surface area contributed by atoms with Gasteiger partial charge in [0.2, 0.25) is 5.91 Å². The van der Waals surface area contributed by atoms with Gasteiger partial charge in [0.15, 0.2) is 0 Å². The van der Waals surface area contributed by atoms with Crippen LogP contribution in [0.3, 0.4) is 0 Å². The summed E-state index contributed by atoms with van der Waals surface area (Å²) in [7, 11) is 0. The van der Waals surface area contributed by atoms with Gasteiger partial charge >= 0.3 is 6.03 Å². The molecule has 4 rings (SSSR count). The van der Waals surface area contributed by atoms with E-state index in [-0.39, 0.29) is 38.5 Å². The Morgan fingerprint density at radius 1 is 1.17 bits per heavy atom. The summed E-state index contributed by atoms with van der Waals surface area (Å²) in [5.74, 6) is -0.878. The summed E-state index contributed by atoms with van der Waals surface area (Å²) < 4.78 is 5.66. The molecule has 1 saturated heterocycles. The Bertz CT molecular complexity index is 1430. The minimum Gasteiger partial charge on any atom is -0.457 e. The normalized spacial score (nSPS) is 14.3. The highest BCUT2D eigenvalue weighted by Crippen LogP contribution is 2.37. The fourth-order valence-corrected chi connectivity index (χ4v) is 4.13. The number of rotatable bonds is 7. The number of carbonyl (C=O) groups is 3. The van der Waals surface area contributed by atoms with Gasteiger partial charge < -0.3 is 15.1 Å². The zero-order valence-electron chi connectivity index (χ0n) is 18.7. The number of nitrogens with one attached hydrogen (secondary N) is 2. The van der Waals surface area contributed by atoms with Crippen LogP contribution in [0.1, 0.15) is 18.2 Å². The molecule has 0 atom stereocenters. The van der Waals surface area contributed by atoms with Gasteiger partial charge in [-0.25, -0.2) is 9.69 Å². The number of para-hydroxylation sites is 1. The maximum absolute atomic E-state index is 12.8. The van der Waals surface area contributed by atoms with E-state index in [1.54, 1.807) is 12.1 Å². The van der Waals surface area contributed by atoms with Crippen molar-refractivity contribution < 1.29 is 23.7 Å². The molecular formula is C24H18Cl2N4O6. The molecule has 0 bridgehead atoms. The van der Waals surface area contributed by atoms with Gasteiger partial charge in [-0.05, 0) is 36.2 Å². The van der Waals surface area contributed by atoms with Gasteiger partial charge in [0.25, 0.3) is 11.6 Å². The number of imide groups is 1. The third kappa shape index (κ3) is 5.09. The standard InChI is InChI=1S/C24H18Cl2N4O6/c1-2-13-5-3-4-6-18(13)27-22(31)12-29-23(32)19(28-24(29)33)9-14-7-8-21(36-14)15-10-20(30(34)35)17(26)11-16(15)25/h3-11H,2,12H2,1H3,(H,27,31)(H,28,33)/b19-9+. The number of furan rings is 1. The summed E-state index contributed by atoms with van der Waals surface area (Å²) in [5.41, 5.74) is 1.31. The van der Waals surface area contributed by atoms with Crippen LogP contribution in [-0.2, 0) is 16.0 Å². The second-order valence-corrected chi connectivity index (χ2v) is 8.50. The Morgan fingerprint density at radius 3 is 2.64 bits per heavy atom. The molecule has 1 aliphatic heterocycles. The predicted molar refractivity (Wildman–Crippen MR) is 133 cm³/mol. The molecule has 1 aromatic heterocycles. The Morgan fingerprint density at radius 2 is 1.92 bits per heavy atom. The van der Waals surface area contributed by atoms with Crippen LogP contribution in [0.4, 0.5) is 16.2 Å².